The van der Waals surface area contributed by atoms with Crippen molar-refractivity contribution >= 4 is 23.2 Å². The number of halogens is 3. The van der Waals surface area contributed by atoms with Crippen LogP contribution in [0.2, 0.25) is 5.15 Å². The summed E-state index contributed by atoms with van der Waals surface area (Å²) in [6.07, 6.45) is -1.93. The van der Waals surface area contributed by atoms with E-state index in [1.807, 2.05) is 12.1 Å². The fourth-order valence-electron chi connectivity index (χ4n) is 2.95. The number of nitrogens with one attached hydrogen (secondary N) is 1. The third kappa shape index (κ3) is 4.37. The van der Waals surface area contributed by atoms with E-state index in [1.54, 1.807) is 12.1 Å². The molecule has 2 aromatic rings. The Balaban J connectivity index is 2.34. The monoisotopic (exact) mass is 369 g/mol. The van der Waals surface area contributed by atoms with Gasteiger partial charge in [-0.1, -0.05) is 50.6 Å². The Labute approximate surface area is 151 Å². The molecule has 1 heterocycles. The maximum absolute atomic E-state index is 13.2. The van der Waals surface area contributed by atoms with E-state index in [0.717, 1.165) is 16.7 Å². The lowest BCUT2D eigenvalue weighted by Crippen LogP contribution is -2.16. The van der Waals surface area contributed by atoms with E-state index >= 15 is 0 Å². The first kappa shape index (κ1) is 19.4. The maximum Gasteiger partial charge on any atom is 0.283 e. The summed E-state index contributed by atoms with van der Waals surface area (Å²) in [5, 5.41) is 6.25. The number of hydrogen-bond donors (Lipinski definition) is 1. The van der Waals surface area contributed by atoms with E-state index in [2.05, 4.69) is 31.2 Å². The Hall–Kier alpha value is -1.95. The van der Waals surface area contributed by atoms with Crippen molar-refractivity contribution in [2.75, 3.05) is 5.32 Å². The second kappa shape index (κ2) is 7.95. The van der Waals surface area contributed by atoms with Crippen molar-refractivity contribution in [3.63, 3.8) is 0 Å². The Morgan fingerprint density at radius 1 is 1.28 bits per heavy atom. The van der Waals surface area contributed by atoms with Gasteiger partial charge in [0.05, 0.1) is 0 Å². The fourth-order valence-corrected chi connectivity index (χ4v) is 3.17. The number of anilines is 1. The predicted octanol–water partition coefficient (Wildman–Crippen LogP) is 5.41. The summed E-state index contributed by atoms with van der Waals surface area (Å²) in [7, 11) is 1.42. The third-order valence-electron chi connectivity index (χ3n) is 4.00. The molecule has 0 saturated heterocycles. The van der Waals surface area contributed by atoms with Crippen molar-refractivity contribution in [3.05, 3.63) is 46.2 Å². The molecule has 0 saturated carbocycles. The molecule has 2 rings (SSSR count). The van der Waals surface area contributed by atoms with Crippen molar-refractivity contribution < 1.29 is 13.6 Å². The van der Waals surface area contributed by atoms with Crippen LogP contribution in [-0.4, -0.2) is 15.7 Å². The van der Waals surface area contributed by atoms with Crippen molar-refractivity contribution in [3.8, 4) is 0 Å². The number of hydrogen-bond acceptors (Lipinski definition) is 2. The predicted molar refractivity (Wildman–Crippen MR) is 95.4 cm³/mol. The fraction of sp³-hybridized carbons (Fsp3) is 0.444. The number of aromatic nitrogens is 2. The molecule has 0 aliphatic rings. The average molecular weight is 370 g/mol. The lowest BCUT2D eigenvalue weighted by Gasteiger charge is -2.18. The van der Waals surface area contributed by atoms with Gasteiger partial charge in [0, 0.05) is 12.7 Å². The summed E-state index contributed by atoms with van der Waals surface area (Å²) in [5.74, 6) is 0.0324. The molecule has 7 heteroatoms. The maximum atomic E-state index is 13.2. The molecule has 0 spiro atoms. The van der Waals surface area contributed by atoms with Crippen LogP contribution >= 0.6 is 11.6 Å². The van der Waals surface area contributed by atoms with Crippen LogP contribution in [0, 0.1) is 5.92 Å². The second-order valence-corrected chi connectivity index (χ2v) is 6.91. The van der Waals surface area contributed by atoms with Gasteiger partial charge in [-0.3, -0.25) is 9.48 Å². The van der Waals surface area contributed by atoms with E-state index in [-0.39, 0.29) is 16.6 Å². The number of amides is 1. The van der Waals surface area contributed by atoms with Gasteiger partial charge in [0.1, 0.15) is 16.4 Å². The standard InChI is InChI=1S/C18H22ClF2N3O/c1-10(2)9-11(3)12-7-5-6-8-13(12)22-18(25)14-15(17(20)21)23-24(4)16(14)19/h5-8,10-11,17H,9H2,1-4H3,(H,22,25). The molecule has 1 N–H and O–H groups in total. The lowest BCUT2D eigenvalue weighted by atomic mass is 9.91. The van der Waals surface area contributed by atoms with Gasteiger partial charge in [0.15, 0.2) is 0 Å². The highest BCUT2D eigenvalue weighted by molar-refractivity contribution is 6.33. The highest BCUT2D eigenvalue weighted by atomic mass is 35.5. The SMILES string of the molecule is CC(C)CC(C)c1ccccc1NC(=O)c1c(C(F)F)nn(C)c1Cl. The first-order valence-corrected chi connectivity index (χ1v) is 8.51. The molecular formula is C18H22ClF2N3O. The van der Waals surface area contributed by atoms with E-state index < -0.39 is 18.0 Å². The number of benzene rings is 1. The number of aryl methyl sites for hydroxylation is 1. The van der Waals surface area contributed by atoms with Gasteiger partial charge >= 0.3 is 0 Å². The van der Waals surface area contributed by atoms with Gasteiger partial charge in [-0.2, -0.15) is 5.10 Å². The summed E-state index contributed by atoms with van der Waals surface area (Å²) in [5.41, 5.74) is 0.659. The van der Waals surface area contributed by atoms with Crippen LogP contribution in [0.15, 0.2) is 24.3 Å². The average Bonchev–Trinajstić information content (AvgIpc) is 2.83. The van der Waals surface area contributed by atoms with Crippen molar-refractivity contribution in [1.29, 1.82) is 0 Å². The van der Waals surface area contributed by atoms with Crippen LogP contribution in [0.3, 0.4) is 0 Å². The van der Waals surface area contributed by atoms with Gasteiger partial charge in [-0.05, 0) is 29.9 Å². The van der Waals surface area contributed by atoms with Crippen LogP contribution < -0.4 is 5.32 Å². The number of rotatable bonds is 6. The molecule has 1 atom stereocenters. The molecule has 0 radical (unpaired) electrons. The van der Waals surface area contributed by atoms with Gasteiger partial charge in [-0.25, -0.2) is 8.78 Å². The van der Waals surface area contributed by atoms with Gasteiger partial charge in [0.2, 0.25) is 0 Å². The first-order chi connectivity index (χ1) is 11.7. The van der Waals surface area contributed by atoms with Crippen molar-refractivity contribution in [1.82, 2.24) is 9.78 Å². The minimum Gasteiger partial charge on any atom is -0.322 e. The summed E-state index contributed by atoms with van der Waals surface area (Å²) in [6.45, 7) is 6.33. The minimum atomic E-state index is -2.88. The molecule has 4 nitrogen and oxygen atoms in total. The van der Waals surface area contributed by atoms with Crippen LogP contribution in [0.25, 0.3) is 0 Å². The smallest absolute Gasteiger partial charge is 0.283 e. The van der Waals surface area contributed by atoms with Crippen LogP contribution in [0.5, 0.6) is 0 Å². The third-order valence-corrected chi connectivity index (χ3v) is 4.44. The minimum absolute atomic E-state index is 0.111. The molecule has 1 aromatic carbocycles. The van der Waals surface area contributed by atoms with E-state index in [9.17, 15) is 13.6 Å². The zero-order valence-electron chi connectivity index (χ0n) is 14.7. The Kier molecular flexibility index (Phi) is 6.16. The number of alkyl halides is 2. The molecule has 1 aromatic heterocycles. The summed E-state index contributed by atoms with van der Waals surface area (Å²) in [6, 6.07) is 7.38. The zero-order chi connectivity index (χ0) is 18.7. The Morgan fingerprint density at radius 3 is 2.52 bits per heavy atom. The first-order valence-electron chi connectivity index (χ1n) is 8.13. The number of carbonyl (C=O) groups excluding carboxylic acids is 1. The normalized spacial score (nSPS) is 12.7. The van der Waals surface area contributed by atoms with Crippen molar-refractivity contribution in [2.45, 2.75) is 39.5 Å². The summed E-state index contributed by atoms with van der Waals surface area (Å²) in [4.78, 5) is 12.6. The second-order valence-electron chi connectivity index (χ2n) is 6.55. The zero-order valence-corrected chi connectivity index (χ0v) is 15.4. The largest absolute Gasteiger partial charge is 0.322 e. The van der Waals surface area contributed by atoms with Crippen LogP contribution in [0.1, 0.15) is 61.2 Å². The van der Waals surface area contributed by atoms with E-state index in [0.29, 0.717) is 11.6 Å². The van der Waals surface area contributed by atoms with Gasteiger partial charge in [-0.15, -0.1) is 0 Å². The van der Waals surface area contributed by atoms with Crippen LogP contribution in [0.4, 0.5) is 14.5 Å². The molecule has 1 amide bonds. The molecule has 25 heavy (non-hydrogen) atoms. The van der Waals surface area contributed by atoms with Crippen molar-refractivity contribution in [2.24, 2.45) is 13.0 Å². The lowest BCUT2D eigenvalue weighted by molar-refractivity contribution is 0.101. The molecule has 0 aliphatic heterocycles. The van der Waals surface area contributed by atoms with Gasteiger partial charge < -0.3 is 5.32 Å². The summed E-state index contributed by atoms with van der Waals surface area (Å²) < 4.78 is 27.4. The van der Waals surface area contributed by atoms with Gasteiger partial charge in [0.25, 0.3) is 12.3 Å². The molecule has 136 valence electrons. The molecule has 0 aliphatic carbocycles. The summed E-state index contributed by atoms with van der Waals surface area (Å²) >= 11 is 6.00. The Morgan fingerprint density at radius 2 is 1.92 bits per heavy atom. The molecular weight excluding hydrogens is 348 g/mol. The molecule has 0 fully saturated rings. The highest BCUT2D eigenvalue weighted by Gasteiger charge is 2.27. The highest BCUT2D eigenvalue weighted by Crippen LogP contribution is 2.32. The molecule has 0 bridgehead atoms. The topological polar surface area (TPSA) is 46.9 Å². The number of nitrogens with zero attached hydrogens (tertiary/aromatic N) is 2. The molecule has 1 unspecified atom stereocenters. The van der Waals surface area contributed by atoms with E-state index in [4.69, 9.17) is 11.6 Å². The number of para-hydroxylation sites is 1. The Bertz CT molecular complexity index is 759. The van der Waals surface area contributed by atoms with Crippen LogP contribution in [-0.2, 0) is 7.05 Å². The number of carbonyl (C=O) groups is 1. The van der Waals surface area contributed by atoms with E-state index in [1.165, 1.54) is 7.05 Å². The quantitative estimate of drug-likeness (QED) is 0.739.